The van der Waals surface area contributed by atoms with Crippen LogP contribution in [-0.4, -0.2) is 17.9 Å². The molecule has 2 aromatic rings. The second-order valence-corrected chi connectivity index (χ2v) is 6.56. The van der Waals surface area contributed by atoms with E-state index < -0.39 is 5.72 Å². The Kier molecular flexibility index (Phi) is 2.45. The molecule has 4 rings (SSSR count). The Morgan fingerprint density at radius 3 is 2.68 bits per heavy atom. The fraction of sp³-hybridized carbons (Fsp3) is 0.263. The van der Waals surface area contributed by atoms with Crippen LogP contribution >= 0.6 is 0 Å². The summed E-state index contributed by atoms with van der Waals surface area (Å²) in [6, 6.07) is 13.6. The second-order valence-electron chi connectivity index (χ2n) is 6.56. The van der Waals surface area contributed by atoms with Crippen LogP contribution in [0, 0.1) is 0 Å². The average Bonchev–Trinajstić information content (AvgIpc) is 2.66. The zero-order valence-corrected chi connectivity index (χ0v) is 13.0. The van der Waals surface area contributed by atoms with E-state index in [1.54, 1.807) is 6.07 Å². The van der Waals surface area contributed by atoms with Gasteiger partial charge in [-0.25, -0.2) is 0 Å². The third kappa shape index (κ3) is 1.46. The van der Waals surface area contributed by atoms with Crippen LogP contribution in [0.1, 0.15) is 25.0 Å². The van der Waals surface area contributed by atoms with Gasteiger partial charge < -0.3 is 14.7 Å². The van der Waals surface area contributed by atoms with Crippen molar-refractivity contribution in [2.75, 3.05) is 11.9 Å². The van der Waals surface area contributed by atoms with Crippen LogP contribution in [0.5, 0.6) is 11.5 Å². The summed E-state index contributed by atoms with van der Waals surface area (Å²) in [5.74, 6) is 1.17. The number of ether oxygens (including phenoxy) is 1. The number of benzene rings is 2. The van der Waals surface area contributed by atoms with E-state index in [2.05, 4.69) is 37.0 Å². The Hall–Kier alpha value is -2.42. The van der Waals surface area contributed by atoms with Gasteiger partial charge in [-0.1, -0.05) is 24.3 Å². The molecule has 2 aromatic carbocycles. The first-order chi connectivity index (χ1) is 10.5. The predicted molar refractivity (Wildman–Crippen MR) is 88.4 cm³/mol. The Labute approximate surface area is 130 Å². The lowest BCUT2D eigenvalue weighted by Crippen LogP contribution is -2.58. The fourth-order valence-corrected chi connectivity index (χ4v) is 3.75. The van der Waals surface area contributed by atoms with E-state index in [0.717, 1.165) is 17.0 Å². The van der Waals surface area contributed by atoms with E-state index in [1.807, 2.05) is 37.4 Å². The van der Waals surface area contributed by atoms with Crippen molar-refractivity contribution in [1.29, 1.82) is 0 Å². The minimum absolute atomic E-state index is 0.241. The quantitative estimate of drug-likeness (QED) is 0.799. The number of likely N-dealkylation sites (N-methyl/N-ethyl adjacent to an activating group) is 1. The first kappa shape index (κ1) is 13.3. The minimum atomic E-state index is -0.586. The Morgan fingerprint density at radius 1 is 1.09 bits per heavy atom. The van der Waals surface area contributed by atoms with Gasteiger partial charge in [-0.05, 0) is 43.7 Å². The maximum Gasteiger partial charge on any atom is 0.211 e. The van der Waals surface area contributed by atoms with Gasteiger partial charge in [-0.2, -0.15) is 0 Å². The third-order valence-corrected chi connectivity index (χ3v) is 5.08. The van der Waals surface area contributed by atoms with Gasteiger partial charge in [0.05, 0.1) is 5.41 Å². The van der Waals surface area contributed by atoms with Gasteiger partial charge in [0.1, 0.15) is 11.5 Å². The number of rotatable bonds is 0. The topological polar surface area (TPSA) is 32.7 Å². The van der Waals surface area contributed by atoms with Crippen molar-refractivity contribution >= 4 is 11.8 Å². The van der Waals surface area contributed by atoms with E-state index in [9.17, 15) is 5.11 Å². The highest BCUT2D eigenvalue weighted by atomic mass is 16.5. The number of hydrogen-bond donors (Lipinski definition) is 1. The van der Waals surface area contributed by atoms with Crippen molar-refractivity contribution in [3.05, 3.63) is 59.7 Å². The van der Waals surface area contributed by atoms with Gasteiger partial charge in [0.25, 0.3) is 0 Å². The van der Waals surface area contributed by atoms with Gasteiger partial charge in [-0.3, -0.25) is 0 Å². The monoisotopic (exact) mass is 293 g/mol. The predicted octanol–water partition coefficient (Wildman–Crippen LogP) is 3.92. The molecule has 1 N–H and O–H groups in total. The van der Waals surface area contributed by atoms with Crippen LogP contribution in [0.2, 0.25) is 0 Å². The maximum absolute atomic E-state index is 9.84. The lowest BCUT2D eigenvalue weighted by atomic mass is 9.76. The molecule has 2 aliphatic rings. The van der Waals surface area contributed by atoms with Gasteiger partial charge >= 0.3 is 0 Å². The van der Waals surface area contributed by atoms with E-state index in [1.165, 1.54) is 5.56 Å². The lowest BCUT2D eigenvalue weighted by molar-refractivity contribution is 0.0582. The molecule has 0 bridgehead atoms. The van der Waals surface area contributed by atoms with Crippen LogP contribution < -0.4 is 9.64 Å². The SMILES string of the molecule is CN1c2cc(O)ccc2C(C)(C)C12C=Cc1ccccc1O2. The van der Waals surface area contributed by atoms with Gasteiger partial charge in [0.2, 0.25) is 5.72 Å². The largest absolute Gasteiger partial charge is 0.508 e. The summed E-state index contributed by atoms with van der Waals surface area (Å²) >= 11 is 0. The third-order valence-electron chi connectivity index (χ3n) is 5.08. The van der Waals surface area contributed by atoms with Crippen molar-refractivity contribution in [2.24, 2.45) is 0 Å². The van der Waals surface area contributed by atoms with Crippen LogP contribution in [0.4, 0.5) is 5.69 Å². The highest BCUT2D eigenvalue weighted by Gasteiger charge is 2.57. The zero-order valence-electron chi connectivity index (χ0n) is 13.0. The van der Waals surface area contributed by atoms with Gasteiger partial charge in [0, 0.05) is 24.4 Å². The number of fused-ring (bicyclic) bond motifs is 2. The molecular weight excluding hydrogens is 274 g/mol. The summed E-state index contributed by atoms with van der Waals surface area (Å²) < 4.78 is 6.49. The van der Waals surface area contributed by atoms with Crippen LogP contribution in [0.15, 0.2) is 48.5 Å². The van der Waals surface area contributed by atoms with Crippen molar-refractivity contribution in [3.63, 3.8) is 0 Å². The number of hydrogen-bond acceptors (Lipinski definition) is 3. The van der Waals surface area contributed by atoms with Crippen molar-refractivity contribution in [1.82, 2.24) is 0 Å². The number of phenols is 1. The van der Waals surface area contributed by atoms with Crippen LogP contribution in [0.25, 0.3) is 6.08 Å². The molecule has 0 saturated heterocycles. The van der Waals surface area contributed by atoms with Crippen LogP contribution in [0.3, 0.4) is 0 Å². The smallest absolute Gasteiger partial charge is 0.211 e. The van der Waals surface area contributed by atoms with Crippen molar-refractivity contribution < 1.29 is 9.84 Å². The average molecular weight is 293 g/mol. The molecule has 1 spiro atoms. The molecular formula is C19H19NO2. The maximum atomic E-state index is 9.84. The molecule has 0 aliphatic carbocycles. The zero-order chi connectivity index (χ0) is 15.5. The first-order valence-corrected chi connectivity index (χ1v) is 7.50. The van der Waals surface area contributed by atoms with Gasteiger partial charge in [-0.15, -0.1) is 0 Å². The molecule has 3 heteroatoms. The van der Waals surface area contributed by atoms with Crippen LogP contribution in [-0.2, 0) is 5.41 Å². The highest BCUT2D eigenvalue weighted by Crippen LogP contribution is 2.54. The number of phenolic OH excluding ortho intramolecular Hbond substituents is 1. The molecule has 112 valence electrons. The van der Waals surface area contributed by atoms with E-state index in [0.29, 0.717) is 0 Å². The molecule has 2 aliphatic heterocycles. The minimum Gasteiger partial charge on any atom is -0.508 e. The van der Waals surface area contributed by atoms with E-state index in [-0.39, 0.29) is 11.2 Å². The molecule has 1 atom stereocenters. The van der Waals surface area contributed by atoms with Gasteiger partial charge in [0.15, 0.2) is 0 Å². The number of nitrogens with zero attached hydrogens (tertiary/aromatic N) is 1. The molecule has 0 fully saturated rings. The van der Waals surface area contributed by atoms with E-state index >= 15 is 0 Å². The first-order valence-electron chi connectivity index (χ1n) is 7.50. The molecule has 3 nitrogen and oxygen atoms in total. The molecule has 0 aromatic heterocycles. The standard InChI is InChI=1S/C19H19NO2/c1-18(2)15-9-8-14(21)12-16(15)20(3)19(18)11-10-13-6-4-5-7-17(13)22-19/h4-12,21H,1-3H3. The van der Waals surface area contributed by atoms with Crippen molar-refractivity contribution in [3.8, 4) is 11.5 Å². The Balaban J connectivity index is 1.91. The summed E-state index contributed by atoms with van der Waals surface area (Å²) in [5.41, 5.74) is 2.45. The molecule has 0 radical (unpaired) electrons. The number of anilines is 1. The molecule has 0 saturated carbocycles. The number of para-hydroxylation sites is 1. The summed E-state index contributed by atoms with van der Waals surface area (Å²) in [6.45, 7) is 4.37. The Morgan fingerprint density at radius 2 is 1.86 bits per heavy atom. The molecule has 0 amide bonds. The van der Waals surface area contributed by atoms with E-state index in [4.69, 9.17) is 4.74 Å². The number of aromatic hydroxyl groups is 1. The van der Waals surface area contributed by atoms with Crippen molar-refractivity contribution in [2.45, 2.75) is 25.0 Å². The summed E-state index contributed by atoms with van der Waals surface area (Å²) in [4.78, 5) is 2.12. The Bertz CT molecular complexity index is 794. The molecule has 22 heavy (non-hydrogen) atoms. The normalized spacial score (nSPS) is 24.0. The molecule has 2 heterocycles. The second kappa shape index (κ2) is 4.07. The lowest BCUT2D eigenvalue weighted by Gasteiger charge is -2.45. The summed E-state index contributed by atoms with van der Waals surface area (Å²) in [5, 5.41) is 9.84. The summed E-state index contributed by atoms with van der Waals surface area (Å²) in [7, 11) is 2.02. The fourth-order valence-electron chi connectivity index (χ4n) is 3.75. The summed E-state index contributed by atoms with van der Waals surface area (Å²) in [6.07, 6.45) is 4.26. The molecule has 1 unspecified atom stereocenters. The highest BCUT2D eigenvalue weighted by molar-refractivity contribution is 5.72.